The van der Waals surface area contributed by atoms with Gasteiger partial charge in [0.1, 0.15) is 0 Å². The van der Waals surface area contributed by atoms with Crippen LogP contribution in [-0.4, -0.2) is 28.1 Å². The summed E-state index contributed by atoms with van der Waals surface area (Å²) in [7, 11) is 0. The van der Waals surface area contributed by atoms with E-state index in [0.29, 0.717) is 5.56 Å². The number of anilines is 1. The van der Waals surface area contributed by atoms with E-state index in [2.05, 4.69) is 31.7 Å². The van der Waals surface area contributed by atoms with Crippen LogP contribution in [0, 0.1) is 20.8 Å². The SMILES string of the molecule is Cc1cc(C)n(-c2ccc(C(=O)NCC(=O)Nc3ccc(Br)cc3C)cc2)n1. The first-order valence-electron chi connectivity index (χ1n) is 8.81. The number of benzene rings is 2. The van der Waals surface area contributed by atoms with E-state index >= 15 is 0 Å². The zero-order valence-electron chi connectivity index (χ0n) is 15.9. The molecule has 1 heterocycles. The highest BCUT2D eigenvalue weighted by Gasteiger charge is 2.10. The fraction of sp³-hybridized carbons (Fsp3) is 0.190. The van der Waals surface area contributed by atoms with Gasteiger partial charge in [0.15, 0.2) is 0 Å². The largest absolute Gasteiger partial charge is 0.343 e. The molecule has 0 atom stereocenters. The molecular formula is C21H21BrN4O2. The number of nitrogens with one attached hydrogen (secondary N) is 2. The molecule has 0 aliphatic rings. The number of carbonyl (C=O) groups excluding carboxylic acids is 2. The molecule has 28 heavy (non-hydrogen) atoms. The molecule has 3 aromatic rings. The maximum atomic E-state index is 12.3. The molecule has 0 aliphatic heterocycles. The van der Waals surface area contributed by atoms with Crippen LogP contribution in [0.4, 0.5) is 5.69 Å². The van der Waals surface area contributed by atoms with Crippen molar-refractivity contribution in [3.63, 3.8) is 0 Å². The van der Waals surface area contributed by atoms with Crippen molar-refractivity contribution in [2.45, 2.75) is 20.8 Å². The lowest BCUT2D eigenvalue weighted by atomic mass is 10.2. The minimum Gasteiger partial charge on any atom is -0.343 e. The van der Waals surface area contributed by atoms with Crippen LogP contribution in [0.5, 0.6) is 0 Å². The van der Waals surface area contributed by atoms with Crippen molar-refractivity contribution in [2.24, 2.45) is 0 Å². The Balaban J connectivity index is 1.58. The summed E-state index contributed by atoms with van der Waals surface area (Å²) in [6, 6.07) is 14.7. The molecule has 3 rings (SSSR count). The molecule has 2 aromatic carbocycles. The average Bonchev–Trinajstić information content (AvgIpc) is 3.00. The molecule has 1 aromatic heterocycles. The van der Waals surface area contributed by atoms with Crippen molar-refractivity contribution in [3.05, 3.63) is 75.5 Å². The van der Waals surface area contributed by atoms with E-state index < -0.39 is 0 Å². The fourth-order valence-corrected chi connectivity index (χ4v) is 3.34. The van der Waals surface area contributed by atoms with Crippen LogP contribution in [0.25, 0.3) is 5.69 Å². The monoisotopic (exact) mass is 440 g/mol. The first-order chi connectivity index (χ1) is 13.3. The van der Waals surface area contributed by atoms with Gasteiger partial charge in [-0.3, -0.25) is 9.59 Å². The van der Waals surface area contributed by atoms with Gasteiger partial charge in [0.05, 0.1) is 17.9 Å². The smallest absolute Gasteiger partial charge is 0.251 e. The Morgan fingerprint density at radius 3 is 2.36 bits per heavy atom. The van der Waals surface area contributed by atoms with Gasteiger partial charge in [-0.05, 0) is 74.9 Å². The zero-order chi connectivity index (χ0) is 20.3. The van der Waals surface area contributed by atoms with Gasteiger partial charge in [0.25, 0.3) is 5.91 Å². The third-order valence-electron chi connectivity index (χ3n) is 4.26. The summed E-state index contributed by atoms with van der Waals surface area (Å²) in [5.74, 6) is -0.583. The lowest BCUT2D eigenvalue weighted by molar-refractivity contribution is -0.115. The highest BCUT2D eigenvalue weighted by atomic mass is 79.9. The van der Waals surface area contributed by atoms with Crippen molar-refractivity contribution in [2.75, 3.05) is 11.9 Å². The molecule has 0 radical (unpaired) electrons. The second-order valence-corrected chi connectivity index (χ2v) is 7.49. The normalized spacial score (nSPS) is 10.6. The molecule has 0 aliphatic carbocycles. The lowest BCUT2D eigenvalue weighted by Crippen LogP contribution is -2.33. The molecule has 2 amide bonds. The topological polar surface area (TPSA) is 76.0 Å². The van der Waals surface area contributed by atoms with Crippen molar-refractivity contribution in [1.82, 2.24) is 15.1 Å². The number of hydrogen-bond acceptors (Lipinski definition) is 3. The Hall–Kier alpha value is -2.93. The van der Waals surface area contributed by atoms with Gasteiger partial charge >= 0.3 is 0 Å². The van der Waals surface area contributed by atoms with Crippen molar-refractivity contribution in [1.29, 1.82) is 0 Å². The van der Waals surface area contributed by atoms with Crippen LogP contribution in [-0.2, 0) is 4.79 Å². The average molecular weight is 441 g/mol. The van der Waals surface area contributed by atoms with E-state index in [4.69, 9.17) is 0 Å². The van der Waals surface area contributed by atoms with Crippen LogP contribution in [0.3, 0.4) is 0 Å². The molecule has 2 N–H and O–H groups in total. The summed E-state index contributed by atoms with van der Waals surface area (Å²) in [6.45, 7) is 5.72. The second kappa shape index (κ2) is 8.39. The third-order valence-corrected chi connectivity index (χ3v) is 4.75. The summed E-state index contributed by atoms with van der Waals surface area (Å²) < 4.78 is 2.77. The van der Waals surface area contributed by atoms with E-state index in [9.17, 15) is 9.59 Å². The second-order valence-electron chi connectivity index (χ2n) is 6.58. The van der Waals surface area contributed by atoms with Crippen LogP contribution < -0.4 is 10.6 Å². The number of nitrogens with zero attached hydrogens (tertiary/aromatic N) is 2. The first kappa shape index (κ1) is 19.8. The summed E-state index contributed by atoms with van der Waals surface area (Å²) in [6.07, 6.45) is 0. The van der Waals surface area contributed by atoms with Crippen LogP contribution in [0.15, 0.2) is 53.0 Å². The molecule has 144 valence electrons. The Labute approximate surface area is 172 Å². The van der Waals surface area contributed by atoms with Gasteiger partial charge in [0, 0.05) is 21.4 Å². The molecule has 7 heteroatoms. The van der Waals surface area contributed by atoms with E-state index in [1.807, 2.05) is 61.9 Å². The number of aryl methyl sites for hydroxylation is 3. The molecular weight excluding hydrogens is 420 g/mol. The molecule has 0 saturated heterocycles. The molecule has 0 spiro atoms. The number of rotatable bonds is 5. The van der Waals surface area contributed by atoms with Crippen molar-refractivity contribution in [3.8, 4) is 5.69 Å². The van der Waals surface area contributed by atoms with Crippen molar-refractivity contribution < 1.29 is 9.59 Å². The zero-order valence-corrected chi connectivity index (χ0v) is 17.5. The van der Waals surface area contributed by atoms with Gasteiger partial charge in [-0.2, -0.15) is 5.10 Å². The van der Waals surface area contributed by atoms with E-state index in [1.54, 1.807) is 12.1 Å². The minimum absolute atomic E-state index is 0.104. The molecule has 0 saturated carbocycles. The summed E-state index contributed by atoms with van der Waals surface area (Å²) in [5.41, 5.74) is 4.98. The van der Waals surface area contributed by atoms with Gasteiger partial charge in [-0.25, -0.2) is 4.68 Å². The highest BCUT2D eigenvalue weighted by molar-refractivity contribution is 9.10. The Bertz CT molecular complexity index is 1030. The molecule has 0 bridgehead atoms. The molecule has 6 nitrogen and oxygen atoms in total. The van der Waals surface area contributed by atoms with Gasteiger partial charge < -0.3 is 10.6 Å². The van der Waals surface area contributed by atoms with Gasteiger partial charge in [0.2, 0.25) is 5.91 Å². The summed E-state index contributed by atoms with van der Waals surface area (Å²) in [4.78, 5) is 24.4. The fourth-order valence-electron chi connectivity index (χ4n) is 2.87. The van der Waals surface area contributed by atoms with E-state index in [-0.39, 0.29) is 18.4 Å². The third kappa shape index (κ3) is 4.67. The predicted octanol–water partition coefficient (Wildman–Crippen LogP) is 3.93. The number of carbonyl (C=O) groups is 2. The van der Waals surface area contributed by atoms with Crippen LogP contribution in [0.1, 0.15) is 27.3 Å². The number of aromatic nitrogens is 2. The maximum Gasteiger partial charge on any atom is 0.251 e. The first-order valence-corrected chi connectivity index (χ1v) is 9.60. The number of hydrogen-bond donors (Lipinski definition) is 2. The van der Waals surface area contributed by atoms with Gasteiger partial charge in [-0.1, -0.05) is 15.9 Å². The quantitative estimate of drug-likeness (QED) is 0.630. The number of amides is 2. The summed E-state index contributed by atoms with van der Waals surface area (Å²) >= 11 is 3.39. The van der Waals surface area contributed by atoms with Crippen LogP contribution in [0.2, 0.25) is 0 Å². The maximum absolute atomic E-state index is 12.3. The molecule has 0 fully saturated rings. The van der Waals surface area contributed by atoms with Crippen molar-refractivity contribution >= 4 is 33.4 Å². The highest BCUT2D eigenvalue weighted by Crippen LogP contribution is 2.19. The standard InChI is InChI=1S/C21H21BrN4O2/c1-13-10-17(22)6-9-19(13)24-20(27)12-23-21(28)16-4-7-18(8-5-16)26-15(3)11-14(2)25-26/h4-11H,12H2,1-3H3,(H,23,28)(H,24,27). The molecule has 0 unspecified atom stereocenters. The number of halogens is 1. The van der Waals surface area contributed by atoms with E-state index in [0.717, 1.165) is 32.8 Å². The summed E-state index contributed by atoms with van der Waals surface area (Å²) in [5, 5.41) is 9.87. The lowest BCUT2D eigenvalue weighted by Gasteiger charge is -2.10. The predicted molar refractivity (Wildman–Crippen MR) is 113 cm³/mol. The van der Waals surface area contributed by atoms with Crippen LogP contribution >= 0.6 is 15.9 Å². The van der Waals surface area contributed by atoms with E-state index in [1.165, 1.54) is 0 Å². The Morgan fingerprint density at radius 1 is 1.04 bits per heavy atom. The van der Waals surface area contributed by atoms with Gasteiger partial charge in [-0.15, -0.1) is 0 Å². The Morgan fingerprint density at radius 2 is 1.75 bits per heavy atom. The minimum atomic E-state index is -0.303. The Kier molecular flexibility index (Phi) is 5.94.